The number of para-hydroxylation sites is 1. The second-order valence-electron chi connectivity index (χ2n) is 13.1. The first-order valence-corrected chi connectivity index (χ1v) is 17.2. The van der Waals surface area contributed by atoms with Crippen molar-refractivity contribution in [2.75, 3.05) is 11.9 Å². The Balaban J connectivity index is 1.66. The molecule has 0 spiro atoms. The Labute approximate surface area is 288 Å². The Bertz CT molecular complexity index is 1660. The monoisotopic (exact) mass is 668 g/mol. The van der Waals surface area contributed by atoms with Crippen molar-refractivity contribution in [1.29, 1.82) is 0 Å². The predicted molar refractivity (Wildman–Crippen MR) is 194 cm³/mol. The minimum absolute atomic E-state index is 0.0134. The predicted octanol–water partition coefficient (Wildman–Crippen LogP) is 7.32. The highest BCUT2D eigenvalue weighted by molar-refractivity contribution is 6.12. The second-order valence-corrected chi connectivity index (χ2v) is 13.1. The maximum atomic E-state index is 14.3. The summed E-state index contributed by atoms with van der Waals surface area (Å²) in [6.45, 7) is 7.19. The molecule has 4 aromatic rings. The summed E-state index contributed by atoms with van der Waals surface area (Å²) < 4.78 is 16.4. The van der Waals surface area contributed by atoms with Gasteiger partial charge in [0, 0.05) is 23.5 Å². The SMILES string of the molecule is CC(C)c1c(C(=O)Nc2ccccc2)c(-c2ccccc2)c(-c2ccc(F)cc2)n1CC[C@@H](C)C[C@@H](O)CC(=O)N[C@H](C=O)CCCCN. The molecular weight excluding hydrogens is 619 g/mol. The van der Waals surface area contributed by atoms with Gasteiger partial charge in [-0.3, -0.25) is 9.59 Å². The zero-order valence-corrected chi connectivity index (χ0v) is 28.7. The van der Waals surface area contributed by atoms with E-state index < -0.39 is 12.1 Å². The van der Waals surface area contributed by atoms with Gasteiger partial charge in [-0.05, 0) is 98.0 Å². The fraction of sp³-hybridized carbons (Fsp3) is 0.375. The molecule has 260 valence electrons. The summed E-state index contributed by atoms with van der Waals surface area (Å²) in [6.07, 6.45) is 2.78. The molecule has 0 aliphatic heterocycles. The lowest BCUT2D eigenvalue weighted by Gasteiger charge is -2.21. The molecule has 9 heteroatoms. The number of unbranched alkanes of at least 4 members (excludes halogenated alkanes) is 1. The van der Waals surface area contributed by atoms with Gasteiger partial charge in [-0.2, -0.15) is 0 Å². The van der Waals surface area contributed by atoms with E-state index in [-0.39, 0.29) is 35.9 Å². The maximum Gasteiger partial charge on any atom is 0.258 e. The average Bonchev–Trinajstić information content (AvgIpc) is 3.43. The largest absolute Gasteiger partial charge is 0.393 e. The van der Waals surface area contributed by atoms with Crippen molar-refractivity contribution in [3.8, 4) is 22.4 Å². The molecule has 0 saturated carbocycles. The Kier molecular flexibility index (Phi) is 13.9. The first-order valence-electron chi connectivity index (χ1n) is 17.2. The first-order chi connectivity index (χ1) is 23.6. The van der Waals surface area contributed by atoms with Crippen LogP contribution < -0.4 is 16.4 Å². The van der Waals surface area contributed by atoms with Gasteiger partial charge < -0.3 is 30.8 Å². The molecule has 1 heterocycles. The highest BCUT2D eigenvalue weighted by Crippen LogP contribution is 2.43. The number of aliphatic hydroxyl groups is 1. The number of anilines is 1. The van der Waals surface area contributed by atoms with Crippen molar-refractivity contribution >= 4 is 23.8 Å². The molecule has 8 nitrogen and oxygen atoms in total. The van der Waals surface area contributed by atoms with E-state index in [1.807, 2.05) is 67.6 Å². The van der Waals surface area contributed by atoms with Crippen LogP contribution in [0, 0.1) is 11.7 Å². The summed E-state index contributed by atoms with van der Waals surface area (Å²) >= 11 is 0. The van der Waals surface area contributed by atoms with Crippen LogP contribution in [0.5, 0.6) is 0 Å². The number of nitrogens with zero attached hydrogens (tertiary/aromatic N) is 1. The van der Waals surface area contributed by atoms with Gasteiger partial charge in [0.1, 0.15) is 12.1 Å². The van der Waals surface area contributed by atoms with Gasteiger partial charge in [0.15, 0.2) is 0 Å². The second kappa shape index (κ2) is 18.2. The van der Waals surface area contributed by atoms with Crippen LogP contribution in [0.2, 0.25) is 0 Å². The minimum Gasteiger partial charge on any atom is -0.393 e. The van der Waals surface area contributed by atoms with Gasteiger partial charge in [-0.15, -0.1) is 0 Å². The maximum absolute atomic E-state index is 14.3. The molecule has 0 fully saturated rings. The number of aldehydes is 1. The zero-order valence-electron chi connectivity index (χ0n) is 28.7. The number of hydrogen-bond donors (Lipinski definition) is 4. The highest BCUT2D eigenvalue weighted by Gasteiger charge is 2.31. The molecule has 0 radical (unpaired) electrons. The van der Waals surface area contributed by atoms with Crippen LogP contribution >= 0.6 is 0 Å². The van der Waals surface area contributed by atoms with Crippen molar-refractivity contribution in [2.24, 2.45) is 11.7 Å². The number of carbonyl (C=O) groups excluding carboxylic acids is 3. The van der Waals surface area contributed by atoms with E-state index in [0.717, 1.165) is 47.2 Å². The average molecular weight is 669 g/mol. The normalized spacial score (nSPS) is 13.1. The lowest BCUT2D eigenvalue weighted by molar-refractivity contribution is -0.126. The van der Waals surface area contributed by atoms with Crippen molar-refractivity contribution in [3.63, 3.8) is 0 Å². The molecule has 0 bridgehead atoms. The van der Waals surface area contributed by atoms with Crippen LogP contribution in [0.1, 0.15) is 81.3 Å². The molecule has 0 unspecified atom stereocenters. The molecule has 5 N–H and O–H groups in total. The van der Waals surface area contributed by atoms with E-state index in [2.05, 4.69) is 29.0 Å². The summed E-state index contributed by atoms with van der Waals surface area (Å²) in [5.74, 6) is -0.983. The number of amides is 2. The van der Waals surface area contributed by atoms with Crippen LogP contribution in [0.3, 0.4) is 0 Å². The fourth-order valence-corrected chi connectivity index (χ4v) is 6.39. The molecule has 0 aliphatic rings. The van der Waals surface area contributed by atoms with Crippen LogP contribution in [0.25, 0.3) is 22.4 Å². The van der Waals surface area contributed by atoms with E-state index in [4.69, 9.17) is 5.73 Å². The third kappa shape index (κ3) is 10.2. The zero-order chi connectivity index (χ0) is 35.3. The molecule has 2 amide bonds. The highest BCUT2D eigenvalue weighted by atomic mass is 19.1. The van der Waals surface area contributed by atoms with Crippen LogP contribution in [0.4, 0.5) is 10.1 Å². The number of rotatable bonds is 18. The van der Waals surface area contributed by atoms with Gasteiger partial charge >= 0.3 is 0 Å². The minimum atomic E-state index is -0.885. The van der Waals surface area contributed by atoms with Crippen molar-refractivity contribution in [3.05, 3.63) is 102 Å². The smallest absolute Gasteiger partial charge is 0.258 e. The summed E-state index contributed by atoms with van der Waals surface area (Å²) in [5, 5.41) is 16.6. The van der Waals surface area contributed by atoms with E-state index in [9.17, 15) is 23.9 Å². The number of aromatic nitrogens is 1. The molecule has 4 rings (SSSR count). The number of hydrogen-bond acceptors (Lipinski definition) is 5. The molecule has 1 aromatic heterocycles. The van der Waals surface area contributed by atoms with E-state index in [0.29, 0.717) is 43.6 Å². The Morgan fingerprint density at radius 3 is 2.16 bits per heavy atom. The van der Waals surface area contributed by atoms with E-state index in [1.54, 1.807) is 12.1 Å². The van der Waals surface area contributed by atoms with Crippen molar-refractivity contribution in [1.82, 2.24) is 9.88 Å². The lowest BCUT2D eigenvalue weighted by atomic mass is 9.94. The number of halogens is 1. The summed E-state index contributed by atoms with van der Waals surface area (Å²) in [4.78, 5) is 38.3. The summed E-state index contributed by atoms with van der Waals surface area (Å²) in [6, 6.07) is 24.8. The van der Waals surface area contributed by atoms with Gasteiger partial charge in [0.2, 0.25) is 5.91 Å². The van der Waals surface area contributed by atoms with Crippen LogP contribution in [0.15, 0.2) is 84.9 Å². The Morgan fingerprint density at radius 2 is 1.55 bits per heavy atom. The number of aliphatic hydroxyl groups excluding tert-OH is 1. The van der Waals surface area contributed by atoms with E-state index in [1.165, 1.54) is 12.1 Å². The number of nitrogens with two attached hydrogens (primary N) is 1. The molecule has 3 atom stereocenters. The quantitative estimate of drug-likeness (QED) is 0.0653. The third-order valence-corrected chi connectivity index (χ3v) is 8.71. The molecule has 0 aliphatic carbocycles. The topological polar surface area (TPSA) is 126 Å². The standard InChI is InChI=1S/C40H49FN4O4/c1-27(2)38-37(40(49)44-32-14-8-5-9-15-32)36(29-12-6-4-7-13-29)39(30-17-19-31(41)20-18-30)45(38)23-21-28(3)24-34(47)25-35(48)43-33(26-46)16-10-11-22-42/h4-9,12-15,17-20,26-28,33-34,47H,10-11,16,21-25,42H2,1-3H3,(H,43,48)(H,44,49)/t28-,33+,34-/m1/s1. The molecular formula is C40H49FN4O4. The van der Waals surface area contributed by atoms with Gasteiger partial charge in [0.25, 0.3) is 5.91 Å². The molecule has 49 heavy (non-hydrogen) atoms. The summed E-state index contributed by atoms with van der Waals surface area (Å²) in [7, 11) is 0. The molecule has 0 saturated heterocycles. The lowest BCUT2D eigenvalue weighted by Crippen LogP contribution is -2.38. The number of benzene rings is 3. The van der Waals surface area contributed by atoms with Gasteiger partial charge in [-0.25, -0.2) is 4.39 Å². The Hall–Kier alpha value is -4.60. The van der Waals surface area contributed by atoms with Crippen LogP contribution in [-0.4, -0.2) is 46.5 Å². The van der Waals surface area contributed by atoms with Gasteiger partial charge in [-0.1, -0.05) is 69.3 Å². The fourth-order valence-electron chi connectivity index (χ4n) is 6.39. The molecule has 3 aromatic carbocycles. The van der Waals surface area contributed by atoms with Crippen molar-refractivity contribution in [2.45, 2.75) is 83.9 Å². The van der Waals surface area contributed by atoms with E-state index >= 15 is 0 Å². The summed E-state index contributed by atoms with van der Waals surface area (Å²) in [5.41, 5.74) is 10.9. The Morgan fingerprint density at radius 1 is 0.898 bits per heavy atom. The van der Waals surface area contributed by atoms with Gasteiger partial charge in [0.05, 0.1) is 29.8 Å². The third-order valence-electron chi connectivity index (χ3n) is 8.71. The van der Waals surface area contributed by atoms with Crippen molar-refractivity contribution < 1.29 is 23.9 Å². The number of carbonyl (C=O) groups is 3. The first kappa shape index (κ1) is 37.2. The number of nitrogens with one attached hydrogen (secondary N) is 2. The van der Waals surface area contributed by atoms with Crippen LogP contribution in [-0.2, 0) is 16.1 Å².